The second-order valence-corrected chi connectivity index (χ2v) is 12.7. The lowest BCUT2D eigenvalue weighted by molar-refractivity contribution is 1.30. The van der Waals surface area contributed by atoms with Crippen molar-refractivity contribution in [2.45, 2.75) is 0 Å². The van der Waals surface area contributed by atoms with Crippen LogP contribution in [0.5, 0.6) is 0 Å². The van der Waals surface area contributed by atoms with E-state index in [0.717, 1.165) is 22.3 Å². The number of benzene rings is 4. The average molecular weight is 637 g/mol. The molecule has 4 heteroatoms. The van der Waals surface area contributed by atoms with Crippen molar-refractivity contribution >= 4 is 11.1 Å². The van der Waals surface area contributed by atoms with Gasteiger partial charge in [-0.3, -0.25) is 19.9 Å². The van der Waals surface area contributed by atoms with Crippen molar-refractivity contribution in [1.82, 2.24) is 19.9 Å². The van der Waals surface area contributed by atoms with Crippen LogP contribution in [0.15, 0.2) is 171 Å². The molecule has 0 unspecified atom stereocenters. The van der Waals surface area contributed by atoms with Gasteiger partial charge in [-0.15, -0.1) is 0 Å². The average Bonchev–Trinajstić information content (AvgIpc) is 3.70. The van der Waals surface area contributed by atoms with E-state index in [1.165, 1.54) is 77.9 Å². The number of fused-ring (bicyclic) bond motifs is 6. The van der Waals surface area contributed by atoms with Gasteiger partial charge < -0.3 is 0 Å². The Bertz CT molecular complexity index is 2420. The van der Waals surface area contributed by atoms with Crippen LogP contribution < -0.4 is 0 Å². The molecule has 10 rings (SSSR count). The van der Waals surface area contributed by atoms with Gasteiger partial charge in [0.15, 0.2) is 0 Å². The van der Waals surface area contributed by atoms with Crippen LogP contribution in [-0.4, -0.2) is 19.9 Å². The molecule has 0 radical (unpaired) electrons. The fraction of sp³-hybridized carbons (Fsp3) is 0. The fourth-order valence-electron chi connectivity index (χ4n) is 7.61. The molecule has 0 fully saturated rings. The number of rotatable bonds is 4. The SMILES string of the molecule is c1cc(-c2ccc(-c3ccc4c(c3)-c3cc(-c5ccc(-c6ccncc6)cc5)ccc3C4=C3c4ccncc4-c4cnccc43)cc2)ccn1. The van der Waals surface area contributed by atoms with Gasteiger partial charge in [0, 0.05) is 60.7 Å². The molecule has 4 aromatic carbocycles. The van der Waals surface area contributed by atoms with E-state index in [1.54, 1.807) is 0 Å². The third-order valence-corrected chi connectivity index (χ3v) is 10.1. The van der Waals surface area contributed by atoms with Gasteiger partial charge in [-0.25, -0.2) is 0 Å². The molecule has 0 amide bonds. The van der Waals surface area contributed by atoms with Gasteiger partial charge in [0.1, 0.15) is 0 Å². The van der Waals surface area contributed by atoms with Crippen LogP contribution in [0.1, 0.15) is 22.3 Å². The van der Waals surface area contributed by atoms with Crippen LogP contribution >= 0.6 is 0 Å². The van der Waals surface area contributed by atoms with Crippen molar-refractivity contribution in [1.29, 1.82) is 0 Å². The van der Waals surface area contributed by atoms with Crippen LogP contribution in [0.25, 0.3) is 77.9 Å². The molecule has 2 aliphatic carbocycles. The van der Waals surface area contributed by atoms with Crippen molar-refractivity contribution in [3.05, 3.63) is 193 Å². The Labute approximate surface area is 290 Å². The highest BCUT2D eigenvalue weighted by Gasteiger charge is 2.33. The number of aromatic nitrogens is 4. The highest BCUT2D eigenvalue weighted by molar-refractivity contribution is 6.19. The van der Waals surface area contributed by atoms with Gasteiger partial charge in [-0.05, 0) is 138 Å². The zero-order chi connectivity index (χ0) is 33.0. The van der Waals surface area contributed by atoms with Gasteiger partial charge in [0.05, 0.1) is 0 Å². The van der Waals surface area contributed by atoms with Gasteiger partial charge in [0.2, 0.25) is 0 Å². The maximum atomic E-state index is 4.49. The molecule has 50 heavy (non-hydrogen) atoms. The molecule has 0 saturated carbocycles. The van der Waals surface area contributed by atoms with Crippen molar-refractivity contribution in [2.24, 2.45) is 0 Å². The highest BCUT2D eigenvalue weighted by atomic mass is 14.7. The van der Waals surface area contributed by atoms with E-state index < -0.39 is 0 Å². The molecule has 232 valence electrons. The number of hydrogen-bond donors (Lipinski definition) is 0. The minimum Gasteiger partial charge on any atom is -0.265 e. The van der Waals surface area contributed by atoms with E-state index in [2.05, 4.69) is 117 Å². The Morgan fingerprint density at radius 1 is 0.220 bits per heavy atom. The predicted molar refractivity (Wildman–Crippen MR) is 202 cm³/mol. The van der Waals surface area contributed by atoms with Crippen LogP contribution in [0.2, 0.25) is 0 Å². The first-order valence-corrected chi connectivity index (χ1v) is 16.7. The zero-order valence-corrected chi connectivity index (χ0v) is 27.0. The summed E-state index contributed by atoms with van der Waals surface area (Å²) in [5.74, 6) is 0. The van der Waals surface area contributed by atoms with Crippen molar-refractivity contribution in [3.8, 4) is 66.8 Å². The Kier molecular flexibility index (Phi) is 6.46. The van der Waals surface area contributed by atoms with Crippen molar-refractivity contribution in [3.63, 3.8) is 0 Å². The molecule has 4 heterocycles. The minimum atomic E-state index is 1.13. The second kappa shape index (κ2) is 11.4. The molecule has 4 aromatic heterocycles. The number of hydrogen-bond acceptors (Lipinski definition) is 4. The molecule has 0 atom stereocenters. The number of nitrogens with zero attached hydrogens (tertiary/aromatic N) is 4. The Hall–Kier alpha value is -6.78. The Balaban J connectivity index is 1.15. The summed E-state index contributed by atoms with van der Waals surface area (Å²) in [7, 11) is 0. The molecule has 4 nitrogen and oxygen atoms in total. The van der Waals surface area contributed by atoms with Gasteiger partial charge in [-0.2, -0.15) is 0 Å². The molecule has 0 N–H and O–H groups in total. The quantitative estimate of drug-likeness (QED) is 0.193. The van der Waals surface area contributed by atoms with Crippen LogP contribution in [-0.2, 0) is 0 Å². The molecule has 0 bridgehead atoms. The van der Waals surface area contributed by atoms with E-state index in [9.17, 15) is 0 Å². The first-order chi connectivity index (χ1) is 24.8. The Morgan fingerprint density at radius 2 is 0.520 bits per heavy atom. The smallest absolute Gasteiger partial charge is 0.0353 e. The highest BCUT2D eigenvalue weighted by Crippen LogP contribution is 2.54. The first-order valence-electron chi connectivity index (χ1n) is 16.7. The largest absolute Gasteiger partial charge is 0.265 e. The molecule has 0 aliphatic heterocycles. The summed E-state index contributed by atoms with van der Waals surface area (Å²) < 4.78 is 0. The third kappa shape index (κ3) is 4.54. The topological polar surface area (TPSA) is 51.6 Å². The summed E-state index contributed by atoms with van der Waals surface area (Å²) in [6, 6.07) is 44.0. The van der Waals surface area contributed by atoms with E-state index in [0.29, 0.717) is 0 Å². The molecular formula is C46H28N4. The maximum Gasteiger partial charge on any atom is 0.0353 e. The standard InChI is InChI=1S/C46H28N4/c1-5-31(6-2-29(1)33-13-19-47-20-14-33)35-9-11-37-41(25-35)42-26-36(32-7-3-30(4-8-32)34-15-21-48-22-16-34)10-12-38(42)45(37)46-39-17-23-49-27-43(39)44-28-50-24-18-40(44)46/h1-28H. The zero-order valence-electron chi connectivity index (χ0n) is 27.0. The molecule has 2 aliphatic rings. The number of pyridine rings is 4. The summed E-state index contributed by atoms with van der Waals surface area (Å²) in [4.78, 5) is 17.3. The van der Waals surface area contributed by atoms with Gasteiger partial charge in [0.25, 0.3) is 0 Å². The molecule has 0 spiro atoms. The van der Waals surface area contributed by atoms with E-state index in [-0.39, 0.29) is 0 Å². The summed E-state index contributed by atoms with van der Waals surface area (Å²) >= 11 is 0. The van der Waals surface area contributed by atoms with E-state index >= 15 is 0 Å². The molecule has 8 aromatic rings. The van der Waals surface area contributed by atoms with Crippen molar-refractivity contribution < 1.29 is 0 Å². The molecule has 0 saturated heterocycles. The van der Waals surface area contributed by atoms with Crippen LogP contribution in [0, 0.1) is 0 Å². The minimum absolute atomic E-state index is 1.13. The lowest BCUT2D eigenvalue weighted by Gasteiger charge is -2.12. The summed E-state index contributed by atoms with van der Waals surface area (Å²) in [5, 5.41) is 0. The van der Waals surface area contributed by atoms with Crippen LogP contribution in [0.3, 0.4) is 0 Å². The summed E-state index contributed by atoms with van der Waals surface area (Å²) in [5.41, 5.74) is 21.5. The lowest BCUT2D eigenvalue weighted by atomic mass is 9.91. The summed E-state index contributed by atoms with van der Waals surface area (Å²) in [6.45, 7) is 0. The predicted octanol–water partition coefficient (Wildman–Crippen LogP) is 10.9. The normalized spacial score (nSPS) is 12.3. The second-order valence-electron chi connectivity index (χ2n) is 12.7. The lowest BCUT2D eigenvalue weighted by Crippen LogP contribution is -1.91. The monoisotopic (exact) mass is 636 g/mol. The van der Waals surface area contributed by atoms with E-state index in [4.69, 9.17) is 0 Å². The first kappa shape index (κ1) is 28.3. The fourth-order valence-corrected chi connectivity index (χ4v) is 7.61. The summed E-state index contributed by atoms with van der Waals surface area (Å²) in [6.07, 6.45) is 15.1. The Morgan fingerprint density at radius 3 is 0.920 bits per heavy atom. The molecular weight excluding hydrogens is 609 g/mol. The van der Waals surface area contributed by atoms with Crippen molar-refractivity contribution in [2.75, 3.05) is 0 Å². The van der Waals surface area contributed by atoms with Gasteiger partial charge in [-0.1, -0.05) is 72.8 Å². The van der Waals surface area contributed by atoms with Gasteiger partial charge >= 0.3 is 0 Å². The van der Waals surface area contributed by atoms with Crippen LogP contribution in [0.4, 0.5) is 0 Å². The third-order valence-electron chi connectivity index (χ3n) is 10.1. The van der Waals surface area contributed by atoms with E-state index in [1.807, 2.05) is 73.8 Å². The maximum absolute atomic E-state index is 4.49.